The highest BCUT2D eigenvalue weighted by molar-refractivity contribution is 8.15. The second kappa shape index (κ2) is 4.62. The Morgan fingerprint density at radius 2 is 1.47 bits per heavy atom. The van der Waals surface area contributed by atoms with Crippen LogP contribution in [0.2, 0.25) is 0 Å². The molecule has 0 fully saturated rings. The van der Waals surface area contributed by atoms with E-state index in [2.05, 4.69) is 18.4 Å². The lowest BCUT2D eigenvalue weighted by Gasteiger charge is -2.05. The van der Waals surface area contributed by atoms with Gasteiger partial charge in [-0.15, -0.1) is 8.42 Å². The lowest BCUT2D eigenvalue weighted by atomic mass is 10.8. The van der Waals surface area contributed by atoms with Crippen LogP contribution in [0.25, 0.3) is 0 Å². The Kier molecular flexibility index (Phi) is 3.42. The molecule has 84 valence electrons. The van der Waals surface area contributed by atoms with Crippen LogP contribution >= 0.6 is 23.5 Å². The molecule has 0 saturated heterocycles. The highest BCUT2D eigenvalue weighted by Crippen LogP contribution is 2.19. The zero-order valence-corrected chi connectivity index (χ0v) is 10.0. The van der Waals surface area contributed by atoms with Gasteiger partial charge in [-0.05, 0) is 0 Å². The SMILES string of the molecule is O=S(=O)(OC1=NCCS1)OC1=NCCS1. The molecule has 2 aliphatic heterocycles. The Morgan fingerprint density at radius 3 is 1.80 bits per heavy atom. The molecule has 0 N–H and O–H groups in total. The number of nitrogens with zero attached hydrogens (tertiary/aromatic N) is 2. The summed E-state index contributed by atoms with van der Waals surface area (Å²) in [5.74, 6) is 1.47. The van der Waals surface area contributed by atoms with E-state index >= 15 is 0 Å². The van der Waals surface area contributed by atoms with E-state index in [1.165, 1.54) is 23.5 Å². The number of aliphatic imine (C=N–C) groups is 2. The van der Waals surface area contributed by atoms with E-state index in [1.54, 1.807) is 0 Å². The number of hydrogen-bond donors (Lipinski definition) is 0. The average Bonchev–Trinajstić information content (AvgIpc) is 2.75. The molecule has 0 radical (unpaired) electrons. The minimum atomic E-state index is -4.05. The first-order valence-corrected chi connectivity index (χ1v) is 7.44. The first-order valence-electron chi connectivity index (χ1n) is 4.14. The van der Waals surface area contributed by atoms with Gasteiger partial charge in [0.1, 0.15) is 0 Å². The predicted octanol–water partition coefficient (Wildman–Crippen LogP) is 0.470. The molecule has 15 heavy (non-hydrogen) atoms. The van der Waals surface area contributed by atoms with E-state index in [0.29, 0.717) is 13.1 Å². The van der Waals surface area contributed by atoms with Gasteiger partial charge in [0.2, 0.25) is 0 Å². The third-order valence-corrected chi connectivity index (χ3v) is 4.09. The van der Waals surface area contributed by atoms with E-state index in [0.717, 1.165) is 11.5 Å². The average molecular weight is 268 g/mol. The Bertz CT molecular complexity index is 371. The zero-order valence-electron chi connectivity index (χ0n) is 7.58. The molecule has 2 heterocycles. The normalized spacial score (nSPS) is 21.1. The molecule has 0 atom stereocenters. The number of thioether (sulfide) groups is 2. The topological polar surface area (TPSA) is 77.3 Å². The molecule has 0 saturated carbocycles. The van der Waals surface area contributed by atoms with Crippen molar-refractivity contribution in [3.8, 4) is 0 Å². The van der Waals surface area contributed by atoms with Crippen molar-refractivity contribution >= 4 is 44.4 Å². The molecule has 0 amide bonds. The summed E-state index contributed by atoms with van der Waals surface area (Å²) in [5.41, 5.74) is 0. The van der Waals surface area contributed by atoms with E-state index in [4.69, 9.17) is 0 Å². The van der Waals surface area contributed by atoms with Crippen molar-refractivity contribution in [1.29, 1.82) is 0 Å². The van der Waals surface area contributed by atoms with E-state index in [1.807, 2.05) is 0 Å². The first-order chi connectivity index (χ1) is 7.16. The van der Waals surface area contributed by atoms with E-state index in [9.17, 15) is 8.42 Å². The monoisotopic (exact) mass is 268 g/mol. The summed E-state index contributed by atoms with van der Waals surface area (Å²) in [5, 5.41) is 0.275. The number of rotatable bonds is 2. The molecule has 0 aromatic carbocycles. The summed E-state index contributed by atoms with van der Waals surface area (Å²) in [6, 6.07) is 0. The van der Waals surface area contributed by atoms with Gasteiger partial charge in [0, 0.05) is 11.5 Å². The Hall–Kier alpha value is -0.410. The van der Waals surface area contributed by atoms with E-state index in [-0.39, 0.29) is 10.5 Å². The van der Waals surface area contributed by atoms with Crippen molar-refractivity contribution in [3.63, 3.8) is 0 Å². The molecule has 9 heteroatoms. The second-order valence-electron chi connectivity index (χ2n) is 2.57. The summed E-state index contributed by atoms with van der Waals surface area (Å²) in [4.78, 5) is 7.69. The van der Waals surface area contributed by atoms with Crippen LogP contribution < -0.4 is 0 Å². The summed E-state index contributed by atoms with van der Waals surface area (Å²) in [6.07, 6.45) is 0. The maximum Gasteiger partial charge on any atom is 0.504 e. The fraction of sp³-hybridized carbons (Fsp3) is 0.667. The summed E-state index contributed by atoms with van der Waals surface area (Å²) in [7, 11) is -4.05. The largest absolute Gasteiger partial charge is 0.504 e. The van der Waals surface area contributed by atoms with Gasteiger partial charge in [-0.2, -0.15) is 0 Å². The molecular formula is C6H8N2O4S3. The van der Waals surface area contributed by atoms with Crippen LogP contribution in [0, 0.1) is 0 Å². The first kappa shape index (κ1) is 11.1. The van der Waals surface area contributed by atoms with Crippen molar-refractivity contribution in [2.45, 2.75) is 0 Å². The zero-order chi connectivity index (χ0) is 10.7. The molecule has 2 rings (SSSR count). The molecular weight excluding hydrogens is 260 g/mol. The van der Waals surface area contributed by atoms with Crippen LogP contribution in [0.1, 0.15) is 0 Å². The summed E-state index contributed by atoms with van der Waals surface area (Å²) >= 11 is 2.50. The lowest BCUT2D eigenvalue weighted by Crippen LogP contribution is -2.15. The van der Waals surface area contributed by atoms with Gasteiger partial charge in [0.15, 0.2) is 0 Å². The molecule has 0 aliphatic carbocycles. The van der Waals surface area contributed by atoms with Crippen LogP contribution in [0.15, 0.2) is 9.98 Å². The summed E-state index contributed by atoms with van der Waals surface area (Å²) < 4.78 is 31.9. The lowest BCUT2D eigenvalue weighted by molar-refractivity contribution is 0.392. The van der Waals surface area contributed by atoms with Gasteiger partial charge in [-0.1, -0.05) is 23.5 Å². The Balaban J connectivity index is 1.94. The third-order valence-electron chi connectivity index (χ3n) is 1.46. The minimum Gasteiger partial charge on any atom is -0.326 e. The van der Waals surface area contributed by atoms with Gasteiger partial charge in [-0.25, -0.2) is 9.98 Å². The fourth-order valence-electron chi connectivity index (χ4n) is 0.924. The maximum absolute atomic E-state index is 11.3. The molecule has 0 unspecified atom stereocenters. The van der Waals surface area contributed by atoms with Crippen LogP contribution in [-0.4, -0.2) is 43.5 Å². The van der Waals surface area contributed by atoms with Crippen molar-refractivity contribution in [3.05, 3.63) is 0 Å². The Morgan fingerprint density at radius 1 is 1.00 bits per heavy atom. The minimum absolute atomic E-state index is 0.138. The molecule has 2 aliphatic rings. The van der Waals surface area contributed by atoms with Crippen LogP contribution in [-0.2, 0) is 18.8 Å². The van der Waals surface area contributed by atoms with Gasteiger partial charge in [0.05, 0.1) is 13.1 Å². The van der Waals surface area contributed by atoms with Gasteiger partial charge >= 0.3 is 10.4 Å². The Labute approximate surface area is 95.9 Å². The standard InChI is InChI=1S/C6H8N2O4S3/c9-15(10,11-5-7-1-3-13-5)12-6-8-2-4-14-6/h1-4H2. The van der Waals surface area contributed by atoms with Gasteiger partial charge in [-0.3, -0.25) is 0 Å². The number of hydrogen-bond acceptors (Lipinski definition) is 8. The molecule has 0 spiro atoms. The van der Waals surface area contributed by atoms with Crippen LogP contribution in [0.5, 0.6) is 0 Å². The predicted molar refractivity (Wildman–Crippen MR) is 60.6 cm³/mol. The third kappa shape index (κ3) is 3.28. The highest BCUT2D eigenvalue weighted by Gasteiger charge is 2.24. The van der Waals surface area contributed by atoms with Crippen molar-refractivity contribution in [2.24, 2.45) is 9.98 Å². The van der Waals surface area contributed by atoms with E-state index < -0.39 is 10.4 Å². The molecule has 0 bridgehead atoms. The molecule has 6 nitrogen and oxygen atoms in total. The second-order valence-corrected chi connectivity index (χ2v) is 5.81. The highest BCUT2D eigenvalue weighted by atomic mass is 32.3. The van der Waals surface area contributed by atoms with Crippen molar-refractivity contribution in [2.75, 3.05) is 24.6 Å². The van der Waals surface area contributed by atoms with Crippen molar-refractivity contribution in [1.82, 2.24) is 0 Å². The van der Waals surface area contributed by atoms with Crippen molar-refractivity contribution < 1.29 is 16.8 Å². The van der Waals surface area contributed by atoms with Crippen LogP contribution in [0.3, 0.4) is 0 Å². The fourth-order valence-corrected chi connectivity index (χ4v) is 3.38. The maximum atomic E-state index is 11.3. The smallest absolute Gasteiger partial charge is 0.326 e. The van der Waals surface area contributed by atoms with Gasteiger partial charge in [0.25, 0.3) is 10.5 Å². The van der Waals surface area contributed by atoms with Crippen LogP contribution in [0.4, 0.5) is 0 Å². The molecule has 0 aromatic rings. The van der Waals surface area contributed by atoms with Gasteiger partial charge < -0.3 is 8.37 Å². The summed E-state index contributed by atoms with van der Waals surface area (Å²) in [6.45, 7) is 1.15. The quantitative estimate of drug-likeness (QED) is 0.724. The molecule has 0 aromatic heterocycles.